The Morgan fingerprint density at radius 1 is 1.08 bits per heavy atom. The van der Waals surface area contributed by atoms with Crippen LogP contribution in [-0.2, 0) is 6.61 Å². The summed E-state index contributed by atoms with van der Waals surface area (Å²) in [6, 6.07) is 17.5. The summed E-state index contributed by atoms with van der Waals surface area (Å²) in [5, 5.41) is 14.3. The number of halogens is 1. The number of hydrogen-bond acceptors (Lipinski definition) is 3. The number of rotatable bonds is 5. The molecule has 0 aliphatic rings. The van der Waals surface area contributed by atoms with Crippen LogP contribution < -0.4 is 14.8 Å². The van der Waals surface area contributed by atoms with Gasteiger partial charge >= 0.3 is 5.91 Å². The number of nitrogens with zero attached hydrogens (tertiary/aromatic N) is 1. The molecule has 2 aromatic carbocycles. The number of hydrogen-bond donors (Lipinski definition) is 1. The van der Waals surface area contributed by atoms with Gasteiger partial charge in [0.25, 0.3) is 5.69 Å². The normalized spacial score (nSPS) is 10.3. The van der Waals surface area contributed by atoms with Crippen LogP contribution in [-0.4, -0.2) is 5.91 Å². The minimum atomic E-state index is -0.516. The Hall–Kier alpha value is -3.41. The number of carbonyl (C=O) groups is 1. The first-order chi connectivity index (χ1) is 12.1. The van der Waals surface area contributed by atoms with Crippen molar-refractivity contribution in [1.29, 1.82) is 0 Å². The first-order valence-electron chi connectivity index (χ1n) is 7.59. The van der Waals surface area contributed by atoms with E-state index in [0.717, 1.165) is 0 Å². The molecule has 6 heteroatoms. The van der Waals surface area contributed by atoms with E-state index in [1.165, 1.54) is 24.4 Å². The topological polar surface area (TPSA) is 65.3 Å². The number of anilines is 1. The molecular formula is C19H15FN2O3. The molecule has 0 atom stereocenters. The van der Waals surface area contributed by atoms with E-state index in [0.29, 0.717) is 21.7 Å². The lowest BCUT2D eigenvalue weighted by atomic mass is 10.2. The molecule has 0 bridgehead atoms. The number of nitrogens with one attached hydrogen (secondary N) is 1. The molecule has 0 radical (unpaired) electrons. The fourth-order valence-electron chi connectivity index (χ4n) is 2.26. The summed E-state index contributed by atoms with van der Waals surface area (Å²) in [6.45, 7) is 0.203. The van der Waals surface area contributed by atoms with Crippen molar-refractivity contribution < 1.29 is 18.7 Å². The molecule has 3 aromatic rings. The van der Waals surface area contributed by atoms with Crippen molar-refractivity contribution in [2.24, 2.45) is 0 Å². The molecule has 1 amide bonds. The van der Waals surface area contributed by atoms with Crippen molar-refractivity contribution in [1.82, 2.24) is 0 Å². The first-order valence-corrected chi connectivity index (χ1v) is 7.59. The van der Waals surface area contributed by atoms with Gasteiger partial charge in [0.1, 0.15) is 18.2 Å². The molecule has 1 aromatic heterocycles. The van der Waals surface area contributed by atoms with Crippen molar-refractivity contribution in [2.75, 3.05) is 5.32 Å². The summed E-state index contributed by atoms with van der Waals surface area (Å²) in [5.74, 6) is -0.320. The maximum atomic E-state index is 13.2. The van der Waals surface area contributed by atoms with Gasteiger partial charge in [-0.25, -0.2) is 4.39 Å². The minimum absolute atomic E-state index is 0.00594. The highest BCUT2D eigenvalue weighted by Gasteiger charge is 2.15. The summed E-state index contributed by atoms with van der Waals surface area (Å²) in [5.41, 5.74) is 1.19. The van der Waals surface area contributed by atoms with Gasteiger partial charge in [-0.2, -0.15) is 4.73 Å². The Balaban J connectivity index is 1.67. The van der Waals surface area contributed by atoms with Gasteiger partial charge in [0.05, 0.1) is 0 Å². The van der Waals surface area contributed by atoms with E-state index in [1.54, 1.807) is 48.5 Å². The quantitative estimate of drug-likeness (QED) is 0.573. The SMILES string of the molecule is O=C(Nc1cccc(OCc2cccc(F)c2)c1)c1cccc[n+]1[O-]. The first kappa shape index (κ1) is 16.4. The van der Waals surface area contributed by atoms with Gasteiger partial charge in [-0.3, -0.25) is 4.79 Å². The van der Waals surface area contributed by atoms with Crippen molar-refractivity contribution in [2.45, 2.75) is 6.61 Å². The molecule has 0 unspecified atom stereocenters. The summed E-state index contributed by atoms with van der Waals surface area (Å²) < 4.78 is 19.3. The third-order valence-electron chi connectivity index (χ3n) is 3.44. The third-order valence-corrected chi connectivity index (χ3v) is 3.44. The highest BCUT2D eigenvalue weighted by molar-refractivity contribution is 6.01. The number of ether oxygens (including phenoxy) is 1. The van der Waals surface area contributed by atoms with Crippen LogP contribution in [0.1, 0.15) is 16.1 Å². The molecule has 0 spiro atoms. The van der Waals surface area contributed by atoms with E-state index >= 15 is 0 Å². The maximum absolute atomic E-state index is 13.2. The van der Waals surface area contributed by atoms with Crippen LogP contribution in [0.5, 0.6) is 5.75 Å². The second-order valence-corrected chi connectivity index (χ2v) is 5.31. The number of benzene rings is 2. The molecule has 0 aliphatic carbocycles. The Labute approximate surface area is 143 Å². The van der Waals surface area contributed by atoms with Crippen molar-refractivity contribution in [3.63, 3.8) is 0 Å². The van der Waals surface area contributed by atoms with Gasteiger partial charge in [-0.05, 0) is 35.9 Å². The molecule has 1 N–H and O–H groups in total. The second-order valence-electron chi connectivity index (χ2n) is 5.31. The van der Waals surface area contributed by atoms with E-state index in [1.807, 2.05) is 0 Å². The van der Waals surface area contributed by atoms with E-state index in [4.69, 9.17) is 4.74 Å². The molecule has 5 nitrogen and oxygen atoms in total. The number of pyridine rings is 1. The van der Waals surface area contributed by atoms with Gasteiger partial charge < -0.3 is 15.3 Å². The van der Waals surface area contributed by atoms with E-state index in [2.05, 4.69) is 5.32 Å². The monoisotopic (exact) mass is 338 g/mol. The van der Waals surface area contributed by atoms with Crippen LogP contribution >= 0.6 is 0 Å². The molecule has 0 fully saturated rings. The second kappa shape index (κ2) is 7.44. The predicted molar refractivity (Wildman–Crippen MR) is 90.5 cm³/mol. The molecule has 1 heterocycles. The predicted octanol–water partition coefficient (Wildman–Crippen LogP) is 3.29. The zero-order valence-electron chi connectivity index (χ0n) is 13.2. The number of carbonyl (C=O) groups excluding carboxylic acids is 1. The summed E-state index contributed by atoms with van der Waals surface area (Å²) in [7, 11) is 0. The standard InChI is InChI=1S/C19H15FN2O3/c20-15-6-3-5-14(11-15)13-25-17-8-4-7-16(12-17)21-19(23)18-9-1-2-10-22(18)24/h1-12H,13H2,(H,21,23). The lowest BCUT2D eigenvalue weighted by Crippen LogP contribution is -2.36. The summed E-state index contributed by atoms with van der Waals surface area (Å²) in [4.78, 5) is 12.1. The third kappa shape index (κ3) is 4.32. The minimum Gasteiger partial charge on any atom is -0.618 e. The number of aromatic nitrogens is 1. The zero-order valence-corrected chi connectivity index (χ0v) is 13.2. The van der Waals surface area contributed by atoms with Gasteiger partial charge in [-0.1, -0.05) is 18.2 Å². The lowest BCUT2D eigenvalue weighted by molar-refractivity contribution is -0.607. The lowest BCUT2D eigenvalue weighted by Gasteiger charge is -2.09. The molecule has 0 saturated carbocycles. The Kier molecular flexibility index (Phi) is 4.89. The fraction of sp³-hybridized carbons (Fsp3) is 0.0526. The van der Waals surface area contributed by atoms with E-state index < -0.39 is 5.91 Å². The van der Waals surface area contributed by atoms with Gasteiger partial charge in [0.15, 0.2) is 6.20 Å². The van der Waals surface area contributed by atoms with E-state index in [9.17, 15) is 14.4 Å². The highest BCUT2D eigenvalue weighted by Crippen LogP contribution is 2.19. The van der Waals surface area contributed by atoms with Crippen LogP contribution in [0, 0.1) is 11.0 Å². The van der Waals surface area contributed by atoms with Gasteiger partial charge in [-0.15, -0.1) is 0 Å². The molecule has 0 saturated heterocycles. The largest absolute Gasteiger partial charge is 0.618 e. The smallest absolute Gasteiger partial charge is 0.321 e. The number of amides is 1. The summed E-state index contributed by atoms with van der Waals surface area (Å²) in [6.07, 6.45) is 1.26. The van der Waals surface area contributed by atoms with Crippen molar-refractivity contribution in [3.05, 3.63) is 95.2 Å². The zero-order chi connectivity index (χ0) is 17.6. The van der Waals surface area contributed by atoms with Crippen LogP contribution in [0.2, 0.25) is 0 Å². The Morgan fingerprint density at radius 3 is 2.72 bits per heavy atom. The average molecular weight is 338 g/mol. The molecule has 3 rings (SSSR count). The van der Waals surface area contributed by atoms with Gasteiger partial charge in [0.2, 0.25) is 0 Å². The molecule has 25 heavy (non-hydrogen) atoms. The highest BCUT2D eigenvalue weighted by atomic mass is 19.1. The van der Waals surface area contributed by atoms with Gasteiger partial charge in [0, 0.05) is 23.9 Å². The molecule has 126 valence electrons. The van der Waals surface area contributed by atoms with Crippen LogP contribution in [0.25, 0.3) is 0 Å². The average Bonchev–Trinajstić information content (AvgIpc) is 2.61. The van der Waals surface area contributed by atoms with Crippen molar-refractivity contribution >= 4 is 11.6 Å². The van der Waals surface area contributed by atoms with Crippen molar-refractivity contribution in [3.8, 4) is 5.75 Å². The Bertz CT molecular complexity index is 899. The van der Waals surface area contributed by atoms with Crippen LogP contribution in [0.15, 0.2) is 72.9 Å². The van der Waals surface area contributed by atoms with E-state index in [-0.39, 0.29) is 18.1 Å². The fourth-order valence-corrected chi connectivity index (χ4v) is 2.26. The maximum Gasteiger partial charge on any atom is 0.321 e. The molecular weight excluding hydrogens is 323 g/mol. The molecule has 0 aliphatic heterocycles. The summed E-state index contributed by atoms with van der Waals surface area (Å²) >= 11 is 0. The van der Waals surface area contributed by atoms with Crippen LogP contribution in [0.4, 0.5) is 10.1 Å². The Morgan fingerprint density at radius 2 is 1.92 bits per heavy atom. The van der Waals surface area contributed by atoms with Crippen LogP contribution in [0.3, 0.4) is 0 Å².